The Labute approximate surface area is 177 Å². The van der Waals surface area contributed by atoms with E-state index in [9.17, 15) is 17.6 Å². The Hall–Kier alpha value is -3.65. The summed E-state index contributed by atoms with van der Waals surface area (Å²) in [7, 11) is 0. The number of hydrogen-bond acceptors (Lipinski definition) is 1. The van der Waals surface area contributed by atoms with Crippen molar-refractivity contribution in [3.63, 3.8) is 0 Å². The number of fused-ring (bicyclic) bond motifs is 1. The molecule has 0 N–H and O–H groups in total. The van der Waals surface area contributed by atoms with Gasteiger partial charge in [-0.05, 0) is 72.7 Å². The van der Waals surface area contributed by atoms with Crippen molar-refractivity contribution in [2.45, 2.75) is 19.8 Å². The Morgan fingerprint density at radius 2 is 1.61 bits per heavy atom. The van der Waals surface area contributed by atoms with Gasteiger partial charge in [0.15, 0.2) is 17.5 Å². The molecule has 1 heterocycles. The van der Waals surface area contributed by atoms with Gasteiger partial charge < -0.3 is 0 Å². The summed E-state index contributed by atoms with van der Waals surface area (Å²) in [6.45, 7) is 1.97. The summed E-state index contributed by atoms with van der Waals surface area (Å²) >= 11 is 0. The van der Waals surface area contributed by atoms with Gasteiger partial charge in [0.1, 0.15) is 5.82 Å². The van der Waals surface area contributed by atoms with E-state index >= 15 is 0 Å². The average Bonchev–Trinajstić information content (AvgIpc) is 2.76. The van der Waals surface area contributed by atoms with Crippen LogP contribution in [-0.2, 0) is 12.8 Å². The number of rotatable bonds is 3. The standard InChI is InChI=1S/C26H17F4N/c1-16-2-9-21(31-15-16)10-5-18-4-8-19(23(27)13-18)7-3-17-6-11-22-20(12-17)14-24(28)26(30)25(22)29/h2,4,6,8-9,11-15H,5,10H2,1H3. The highest BCUT2D eigenvalue weighted by Crippen LogP contribution is 2.24. The second-order valence-corrected chi connectivity index (χ2v) is 7.31. The topological polar surface area (TPSA) is 12.9 Å². The Morgan fingerprint density at radius 3 is 2.35 bits per heavy atom. The average molecular weight is 419 g/mol. The lowest BCUT2D eigenvalue weighted by atomic mass is 10.0. The second kappa shape index (κ2) is 8.61. The number of aryl methyl sites for hydroxylation is 3. The highest BCUT2D eigenvalue weighted by molar-refractivity contribution is 5.84. The molecule has 0 spiro atoms. The fraction of sp³-hybridized carbons (Fsp3) is 0.115. The van der Waals surface area contributed by atoms with Crippen molar-refractivity contribution in [1.82, 2.24) is 4.98 Å². The Kier molecular flexibility index (Phi) is 5.73. The van der Waals surface area contributed by atoms with Gasteiger partial charge >= 0.3 is 0 Å². The zero-order valence-corrected chi connectivity index (χ0v) is 16.6. The van der Waals surface area contributed by atoms with E-state index < -0.39 is 23.3 Å². The number of hydrogen-bond donors (Lipinski definition) is 0. The number of nitrogens with zero attached hydrogens (tertiary/aromatic N) is 1. The Bertz CT molecular complexity index is 1330. The molecule has 0 amide bonds. The van der Waals surface area contributed by atoms with Crippen LogP contribution < -0.4 is 0 Å². The molecule has 0 bridgehead atoms. The maximum Gasteiger partial charge on any atom is 0.195 e. The zero-order chi connectivity index (χ0) is 22.0. The first-order valence-corrected chi connectivity index (χ1v) is 9.70. The molecule has 154 valence electrons. The Balaban J connectivity index is 1.52. The van der Waals surface area contributed by atoms with E-state index in [1.165, 1.54) is 24.3 Å². The van der Waals surface area contributed by atoms with Gasteiger partial charge in [0.2, 0.25) is 0 Å². The molecular formula is C26H17F4N. The summed E-state index contributed by atoms with van der Waals surface area (Å²) < 4.78 is 55.1. The first-order chi connectivity index (χ1) is 14.9. The second-order valence-electron chi connectivity index (χ2n) is 7.31. The van der Waals surface area contributed by atoms with Gasteiger partial charge in [0, 0.05) is 22.8 Å². The molecule has 3 aromatic carbocycles. The minimum absolute atomic E-state index is 0.0388. The minimum atomic E-state index is -1.51. The van der Waals surface area contributed by atoms with Crippen molar-refractivity contribution in [1.29, 1.82) is 0 Å². The van der Waals surface area contributed by atoms with Crippen molar-refractivity contribution < 1.29 is 17.6 Å². The molecule has 0 saturated heterocycles. The maximum absolute atomic E-state index is 14.5. The summed E-state index contributed by atoms with van der Waals surface area (Å²) in [5.74, 6) is 1.08. The zero-order valence-electron chi connectivity index (χ0n) is 16.6. The van der Waals surface area contributed by atoms with E-state index in [0.29, 0.717) is 18.4 Å². The number of benzene rings is 3. The van der Waals surface area contributed by atoms with Gasteiger partial charge in [-0.25, -0.2) is 17.6 Å². The third-order valence-corrected chi connectivity index (χ3v) is 4.99. The van der Waals surface area contributed by atoms with Crippen LogP contribution in [0.1, 0.15) is 27.9 Å². The van der Waals surface area contributed by atoms with Crippen molar-refractivity contribution in [2.24, 2.45) is 0 Å². The quantitative estimate of drug-likeness (QED) is 0.216. The molecule has 31 heavy (non-hydrogen) atoms. The third-order valence-electron chi connectivity index (χ3n) is 4.99. The van der Waals surface area contributed by atoms with E-state index in [4.69, 9.17) is 0 Å². The lowest BCUT2D eigenvalue weighted by Gasteiger charge is -2.04. The monoisotopic (exact) mass is 419 g/mol. The first kappa shape index (κ1) is 20.6. The lowest BCUT2D eigenvalue weighted by Crippen LogP contribution is -1.96. The molecule has 0 fully saturated rings. The summed E-state index contributed by atoms with van der Waals surface area (Å²) in [5, 5.41) is 0.145. The van der Waals surface area contributed by atoms with Gasteiger partial charge in [-0.1, -0.05) is 30.0 Å². The molecule has 0 aliphatic heterocycles. The van der Waals surface area contributed by atoms with Gasteiger partial charge in [-0.2, -0.15) is 0 Å². The summed E-state index contributed by atoms with van der Waals surface area (Å²) in [6, 6.07) is 14.0. The van der Waals surface area contributed by atoms with Crippen LogP contribution in [-0.4, -0.2) is 4.98 Å². The van der Waals surface area contributed by atoms with Crippen LogP contribution in [0.2, 0.25) is 0 Å². The molecule has 4 rings (SSSR count). The van der Waals surface area contributed by atoms with Gasteiger partial charge in [-0.15, -0.1) is 0 Å². The maximum atomic E-state index is 14.5. The largest absolute Gasteiger partial charge is 0.261 e. The van der Waals surface area contributed by atoms with Gasteiger partial charge in [-0.3, -0.25) is 4.98 Å². The van der Waals surface area contributed by atoms with Crippen LogP contribution in [0.3, 0.4) is 0 Å². The molecule has 0 aliphatic rings. The third kappa shape index (κ3) is 4.59. The van der Waals surface area contributed by atoms with E-state index in [1.54, 1.807) is 12.3 Å². The van der Waals surface area contributed by atoms with E-state index in [1.807, 2.05) is 25.1 Å². The highest BCUT2D eigenvalue weighted by atomic mass is 19.2. The smallest absolute Gasteiger partial charge is 0.195 e. The fourth-order valence-electron chi connectivity index (χ4n) is 3.26. The molecule has 0 radical (unpaired) electrons. The summed E-state index contributed by atoms with van der Waals surface area (Å²) in [5.41, 5.74) is 3.52. The molecular weight excluding hydrogens is 402 g/mol. The number of halogens is 4. The van der Waals surface area contributed by atoms with Crippen LogP contribution in [0.4, 0.5) is 17.6 Å². The van der Waals surface area contributed by atoms with E-state index in [0.717, 1.165) is 22.9 Å². The minimum Gasteiger partial charge on any atom is -0.261 e. The molecule has 0 atom stereocenters. The molecule has 1 aromatic heterocycles. The predicted molar refractivity (Wildman–Crippen MR) is 113 cm³/mol. The fourth-order valence-corrected chi connectivity index (χ4v) is 3.26. The molecule has 1 nitrogen and oxygen atoms in total. The predicted octanol–water partition coefficient (Wildman–Crippen LogP) is 6.28. The van der Waals surface area contributed by atoms with Crippen LogP contribution in [0, 0.1) is 42.0 Å². The summed E-state index contributed by atoms with van der Waals surface area (Å²) in [4.78, 5) is 4.35. The Morgan fingerprint density at radius 1 is 0.774 bits per heavy atom. The van der Waals surface area contributed by atoms with Crippen molar-refractivity contribution in [3.8, 4) is 11.8 Å². The van der Waals surface area contributed by atoms with Crippen LogP contribution >= 0.6 is 0 Å². The van der Waals surface area contributed by atoms with E-state index in [-0.39, 0.29) is 16.3 Å². The van der Waals surface area contributed by atoms with E-state index in [2.05, 4.69) is 16.8 Å². The van der Waals surface area contributed by atoms with Gasteiger partial charge in [0.05, 0.1) is 5.56 Å². The van der Waals surface area contributed by atoms with Crippen LogP contribution in [0.25, 0.3) is 10.8 Å². The van der Waals surface area contributed by atoms with Crippen molar-refractivity contribution >= 4 is 10.8 Å². The van der Waals surface area contributed by atoms with Gasteiger partial charge in [0.25, 0.3) is 0 Å². The molecule has 0 saturated carbocycles. The van der Waals surface area contributed by atoms with Crippen molar-refractivity contribution in [3.05, 3.63) is 112 Å². The number of aromatic nitrogens is 1. The van der Waals surface area contributed by atoms with Crippen molar-refractivity contribution in [2.75, 3.05) is 0 Å². The molecule has 5 heteroatoms. The van der Waals surface area contributed by atoms with Crippen LogP contribution in [0.5, 0.6) is 0 Å². The summed E-state index contributed by atoms with van der Waals surface area (Å²) in [6.07, 6.45) is 3.16. The number of pyridine rings is 1. The highest BCUT2D eigenvalue weighted by Gasteiger charge is 2.13. The first-order valence-electron chi connectivity index (χ1n) is 9.70. The SMILES string of the molecule is Cc1ccc(CCc2ccc(C#Cc3ccc4c(F)c(F)c(F)cc4c3)c(F)c2)nc1. The lowest BCUT2D eigenvalue weighted by molar-refractivity contribution is 0.453. The molecule has 4 aromatic rings. The normalized spacial score (nSPS) is 10.7. The molecule has 0 unspecified atom stereocenters. The molecule has 0 aliphatic carbocycles. The van der Waals surface area contributed by atoms with Crippen LogP contribution in [0.15, 0.2) is 60.8 Å².